The van der Waals surface area contributed by atoms with Gasteiger partial charge < -0.3 is 15.7 Å². The molecule has 1 aliphatic carbocycles. The summed E-state index contributed by atoms with van der Waals surface area (Å²) in [4.78, 5) is 28.2. The quantitative estimate of drug-likeness (QED) is 0.143. The van der Waals surface area contributed by atoms with E-state index < -0.39 is 28.7 Å². The molecule has 11 nitrogen and oxygen atoms in total. The summed E-state index contributed by atoms with van der Waals surface area (Å²) in [5, 5.41) is 25.6. The van der Waals surface area contributed by atoms with E-state index in [-0.39, 0.29) is 42.4 Å². The van der Waals surface area contributed by atoms with Crippen molar-refractivity contribution < 1.29 is 23.5 Å². The molecule has 0 bridgehead atoms. The smallest absolute Gasteiger partial charge is 0.278 e. The Morgan fingerprint density at radius 2 is 1.75 bits per heavy atom. The first-order chi connectivity index (χ1) is 24.3. The number of alkyl halides is 2. The average Bonchev–Trinajstić information content (AvgIpc) is 3.62. The number of carbonyl (C=O) groups excluding carboxylic acids is 2. The molecule has 4 N–H and O–H groups in total. The summed E-state index contributed by atoms with van der Waals surface area (Å²) < 4.78 is 32.7. The Labute approximate surface area is 300 Å². The second kappa shape index (κ2) is 13.2. The fourth-order valence-corrected chi connectivity index (χ4v) is 8.12. The van der Waals surface area contributed by atoms with Gasteiger partial charge in [0.2, 0.25) is 5.91 Å². The molecule has 1 saturated carbocycles. The minimum absolute atomic E-state index is 0.0196. The maximum absolute atomic E-state index is 16.2. The number of nitrogen functional groups attached to an aromatic ring is 1. The van der Waals surface area contributed by atoms with Crippen LogP contribution in [0.3, 0.4) is 0 Å². The first-order valence-electron chi connectivity index (χ1n) is 17.3. The van der Waals surface area contributed by atoms with Crippen LogP contribution in [0.25, 0.3) is 22.4 Å². The minimum Gasteiger partial charge on any atom is -0.507 e. The van der Waals surface area contributed by atoms with Crippen molar-refractivity contribution in [1.29, 1.82) is 0 Å². The number of likely N-dealkylation sites (tertiary alicyclic amines) is 1. The molecular weight excluding hydrogens is 675 g/mol. The summed E-state index contributed by atoms with van der Waals surface area (Å²) in [5.74, 6) is -3.48. The number of carbonyl (C=O) groups is 2. The van der Waals surface area contributed by atoms with Gasteiger partial charge in [-0.05, 0) is 81.3 Å². The third-order valence-corrected chi connectivity index (χ3v) is 12.1. The highest BCUT2D eigenvalue weighted by atomic mass is 32.1. The number of nitrogens with two attached hydrogens (primary N) is 1. The molecule has 0 spiro atoms. The molecule has 3 fully saturated rings. The molecule has 0 radical (unpaired) electrons. The third kappa shape index (κ3) is 6.32. The molecule has 268 valence electrons. The maximum atomic E-state index is 16.2. The molecule has 0 unspecified atom stereocenters. The van der Waals surface area contributed by atoms with E-state index in [9.17, 15) is 14.7 Å². The normalized spacial score (nSPS) is 26.8. The van der Waals surface area contributed by atoms with Gasteiger partial charge in [0.05, 0.1) is 24.5 Å². The number of nitrogens with zero attached hydrogens (tertiary/aromatic N) is 6. The molecule has 2 saturated heterocycles. The van der Waals surface area contributed by atoms with Crippen molar-refractivity contribution in [3.05, 3.63) is 72.6 Å². The van der Waals surface area contributed by atoms with Crippen LogP contribution in [0.4, 0.5) is 20.3 Å². The van der Waals surface area contributed by atoms with Gasteiger partial charge in [-0.15, -0.1) is 10.2 Å². The Kier molecular flexibility index (Phi) is 9.03. The fraction of sp³-hybridized carbons (Fsp3) is 0.432. The van der Waals surface area contributed by atoms with Gasteiger partial charge in [0, 0.05) is 54.6 Å². The van der Waals surface area contributed by atoms with E-state index in [1.807, 2.05) is 21.8 Å². The number of piperidine rings is 2. The summed E-state index contributed by atoms with van der Waals surface area (Å²) in [5.41, 5.74) is 8.73. The summed E-state index contributed by atoms with van der Waals surface area (Å²) in [6.45, 7) is 1.85. The van der Waals surface area contributed by atoms with Crippen molar-refractivity contribution in [3.8, 4) is 28.1 Å². The van der Waals surface area contributed by atoms with Crippen molar-refractivity contribution in [2.45, 2.75) is 80.2 Å². The van der Waals surface area contributed by atoms with Crippen LogP contribution >= 0.6 is 12.6 Å². The lowest BCUT2D eigenvalue weighted by molar-refractivity contribution is -0.137. The number of amides is 2. The van der Waals surface area contributed by atoms with E-state index in [0.717, 1.165) is 31.2 Å². The van der Waals surface area contributed by atoms with E-state index in [0.29, 0.717) is 41.0 Å². The lowest BCUT2D eigenvalue weighted by atomic mass is 9.82. The van der Waals surface area contributed by atoms with Crippen LogP contribution in [0.5, 0.6) is 5.75 Å². The molecule has 2 aromatic heterocycles. The number of aromatic hydroxyl groups is 1. The highest BCUT2D eigenvalue weighted by Gasteiger charge is 2.56. The topological polar surface area (TPSA) is 142 Å². The summed E-state index contributed by atoms with van der Waals surface area (Å²) in [7, 11) is 1.75. The van der Waals surface area contributed by atoms with Gasteiger partial charge in [0.25, 0.3) is 11.8 Å². The number of halogens is 2. The number of rotatable bonds is 7. The fourth-order valence-electron chi connectivity index (χ4n) is 7.81. The number of hydrogen-bond acceptors (Lipinski definition) is 10. The Morgan fingerprint density at radius 3 is 2.47 bits per heavy atom. The zero-order valence-electron chi connectivity index (χ0n) is 28.6. The van der Waals surface area contributed by atoms with Crippen LogP contribution in [0.15, 0.2) is 67.0 Å². The number of nitrogens with one attached hydrogen (secondary N) is 1. The molecule has 2 aliphatic heterocycles. The van der Waals surface area contributed by atoms with Gasteiger partial charge in [0.1, 0.15) is 16.0 Å². The van der Waals surface area contributed by atoms with E-state index in [4.69, 9.17) is 18.4 Å². The molecule has 4 aromatic rings. The van der Waals surface area contributed by atoms with Gasteiger partial charge in [-0.2, -0.15) is 17.7 Å². The second-order valence-electron chi connectivity index (χ2n) is 14.3. The zero-order valence-corrected chi connectivity index (χ0v) is 29.5. The average molecular weight is 717 g/mol. The van der Waals surface area contributed by atoms with Gasteiger partial charge >= 0.3 is 0 Å². The molecule has 51 heavy (non-hydrogen) atoms. The Morgan fingerprint density at radius 1 is 1.00 bits per heavy atom. The van der Waals surface area contributed by atoms with E-state index in [1.165, 1.54) is 0 Å². The Balaban J connectivity index is 1.00. The van der Waals surface area contributed by atoms with Crippen molar-refractivity contribution in [1.82, 2.24) is 30.2 Å². The van der Waals surface area contributed by atoms with Crippen LogP contribution < -0.4 is 16.0 Å². The number of hydrogen-bond donors (Lipinski definition) is 4. The number of benzene rings is 2. The number of para-hydroxylation sites is 1. The minimum atomic E-state index is -3.12. The summed E-state index contributed by atoms with van der Waals surface area (Å²) in [6.07, 6.45) is 7.48. The number of thiol groups is 1. The SMILES string of the molecule is CN(c1cccc([C@@]2(S)CCN([C@H]3CC[C@H](n4cc(-c5cc(-c6ccccc6O)nnc5N)cn4)CC3)CC2(F)F)c1)[C@@]1(C)CCC(=O)NC1=O. The van der Waals surface area contributed by atoms with Crippen LogP contribution in [-0.2, 0) is 14.3 Å². The lowest BCUT2D eigenvalue weighted by Crippen LogP contribution is -2.60. The van der Waals surface area contributed by atoms with E-state index in [2.05, 4.69) is 20.6 Å². The molecule has 2 atom stereocenters. The molecule has 2 amide bonds. The van der Waals surface area contributed by atoms with E-state index >= 15 is 8.78 Å². The van der Waals surface area contributed by atoms with Gasteiger partial charge in [-0.25, -0.2) is 8.78 Å². The highest BCUT2D eigenvalue weighted by molar-refractivity contribution is 7.81. The van der Waals surface area contributed by atoms with E-state index in [1.54, 1.807) is 73.6 Å². The van der Waals surface area contributed by atoms with Crippen molar-refractivity contribution >= 4 is 35.9 Å². The largest absolute Gasteiger partial charge is 0.507 e. The highest BCUT2D eigenvalue weighted by Crippen LogP contribution is 2.51. The van der Waals surface area contributed by atoms with Gasteiger partial charge in [-0.1, -0.05) is 24.3 Å². The molecule has 14 heteroatoms. The maximum Gasteiger partial charge on any atom is 0.278 e. The van der Waals surface area contributed by atoms with Crippen LogP contribution in [-0.4, -0.2) is 79.4 Å². The molecule has 3 aliphatic rings. The number of anilines is 2. The van der Waals surface area contributed by atoms with Crippen molar-refractivity contribution in [3.63, 3.8) is 0 Å². The zero-order chi connectivity index (χ0) is 36.1. The Hall–Kier alpha value is -4.56. The number of imide groups is 1. The monoisotopic (exact) mass is 716 g/mol. The molecule has 7 rings (SSSR count). The number of aromatic nitrogens is 4. The summed E-state index contributed by atoms with van der Waals surface area (Å²) >= 11 is 4.69. The van der Waals surface area contributed by atoms with Crippen LogP contribution in [0.1, 0.15) is 63.5 Å². The van der Waals surface area contributed by atoms with Crippen molar-refractivity contribution in [2.75, 3.05) is 30.8 Å². The number of phenolic OH excluding ortho intramolecular Hbond substituents is 1. The summed E-state index contributed by atoms with van der Waals surface area (Å²) in [6, 6.07) is 15.7. The van der Waals surface area contributed by atoms with Gasteiger partial charge in [-0.3, -0.25) is 24.5 Å². The molecular formula is C37H42F2N8O3S. The molecule has 4 heterocycles. The molecule has 2 aromatic carbocycles. The van der Waals surface area contributed by atoms with Gasteiger partial charge in [0.15, 0.2) is 5.82 Å². The van der Waals surface area contributed by atoms with Crippen LogP contribution in [0, 0.1) is 0 Å². The third-order valence-electron chi connectivity index (χ3n) is 11.3. The number of likely N-dealkylation sites (N-methyl/N-ethyl adjacent to an activating group) is 1. The van der Waals surface area contributed by atoms with Crippen molar-refractivity contribution in [2.24, 2.45) is 0 Å². The first kappa shape index (κ1) is 34.9. The van der Waals surface area contributed by atoms with Crippen LogP contribution in [0.2, 0.25) is 0 Å². The Bertz CT molecular complexity index is 1970. The first-order valence-corrected chi connectivity index (χ1v) is 17.7. The second-order valence-corrected chi connectivity index (χ2v) is 15.0. The lowest BCUT2D eigenvalue weighted by Gasteiger charge is -2.49. The standard InChI is InChI=1S/C37H42F2N8O3S/c1-35(15-14-32(49)42-34(35)50)45(2)27-7-5-6-24(18-27)36(51)16-17-46(22-37(36,38)39)25-10-12-26(13-11-25)47-21-23(20-41-47)29-19-30(43-44-33(29)40)28-8-3-4-9-31(28)48/h3-9,18-21,25-26,48,51H,10-17,22H2,1-2H3,(H2,40,44)(H,42,49,50)/t25-,26-,35-,36-/m0/s1. The predicted octanol–water partition coefficient (Wildman–Crippen LogP) is 5.58. The number of phenols is 1. The predicted molar refractivity (Wildman–Crippen MR) is 193 cm³/mol.